The summed E-state index contributed by atoms with van der Waals surface area (Å²) in [6, 6.07) is 3.86. The Kier molecular flexibility index (Phi) is 3.03. The van der Waals surface area contributed by atoms with Crippen LogP contribution in [-0.2, 0) is 0 Å². The zero-order chi connectivity index (χ0) is 14.2. The van der Waals surface area contributed by atoms with Gasteiger partial charge in [-0.1, -0.05) is 0 Å². The van der Waals surface area contributed by atoms with Crippen molar-refractivity contribution in [3.8, 4) is 11.5 Å². The number of nitrogens with zero attached hydrogens (tertiary/aromatic N) is 3. The van der Waals surface area contributed by atoms with Gasteiger partial charge >= 0.3 is 0 Å². The molecule has 1 N–H and O–H groups in total. The molecule has 0 bridgehead atoms. The van der Waals surface area contributed by atoms with Crippen molar-refractivity contribution < 1.29 is 9.47 Å². The van der Waals surface area contributed by atoms with E-state index in [0.717, 1.165) is 41.2 Å². The number of aromatic nitrogens is 2. The van der Waals surface area contributed by atoms with Crippen molar-refractivity contribution in [3.05, 3.63) is 18.3 Å². The molecule has 6 heteroatoms. The number of hydrogen-bond acceptors (Lipinski definition) is 6. The highest BCUT2D eigenvalue weighted by atomic mass is 16.7. The Bertz CT molecular complexity index is 670. The molecule has 1 fully saturated rings. The van der Waals surface area contributed by atoms with Crippen LogP contribution >= 0.6 is 0 Å². The molecule has 1 unspecified atom stereocenters. The van der Waals surface area contributed by atoms with Crippen LogP contribution in [0.3, 0.4) is 0 Å². The van der Waals surface area contributed by atoms with Gasteiger partial charge in [0.1, 0.15) is 0 Å². The Morgan fingerprint density at radius 2 is 1.95 bits per heavy atom. The summed E-state index contributed by atoms with van der Waals surface area (Å²) in [5.41, 5.74) is 1.80. The first kappa shape index (κ1) is 12.6. The first-order chi connectivity index (χ1) is 10.3. The van der Waals surface area contributed by atoms with Gasteiger partial charge in [0, 0.05) is 24.5 Å². The van der Waals surface area contributed by atoms with Gasteiger partial charge in [0.25, 0.3) is 0 Å². The average Bonchev–Trinajstić information content (AvgIpc) is 3.16. The van der Waals surface area contributed by atoms with Crippen LogP contribution in [-0.4, -0.2) is 41.1 Å². The molecule has 0 amide bonds. The molecule has 2 aliphatic heterocycles. The molecule has 1 aromatic heterocycles. The topological polar surface area (TPSA) is 59.5 Å². The van der Waals surface area contributed by atoms with Crippen LogP contribution in [0.15, 0.2) is 18.3 Å². The summed E-state index contributed by atoms with van der Waals surface area (Å²) < 4.78 is 10.8. The van der Waals surface area contributed by atoms with E-state index < -0.39 is 0 Å². The van der Waals surface area contributed by atoms with Crippen LogP contribution in [0.5, 0.6) is 11.5 Å². The molecule has 2 aromatic rings. The van der Waals surface area contributed by atoms with Crippen molar-refractivity contribution in [3.63, 3.8) is 0 Å². The van der Waals surface area contributed by atoms with Gasteiger partial charge in [-0.3, -0.25) is 4.90 Å². The fourth-order valence-electron chi connectivity index (χ4n) is 3.01. The molecule has 2 aliphatic rings. The quantitative estimate of drug-likeness (QED) is 0.933. The van der Waals surface area contributed by atoms with Gasteiger partial charge in [-0.2, -0.15) is 10.2 Å². The summed E-state index contributed by atoms with van der Waals surface area (Å²) in [4.78, 5) is 2.44. The second kappa shape index (κ2) is 5.04. The van der Waals surface area contributed by atoms with E-state index >= 15 is 0 Å². The Morgan fingerprint density at radius 1 is 1.19 bits per heavy atom. The first-order valence-electron chi connectivity index (χ1n) is 7.37. The minimum Gasteiger partial charge on any atom is -0.454 e. The maximum absolute atomic E-state index is 5.46. The van der Waals surface area contributed by atoms with E-state index in [4.69, 9.17) is 9.47 Å². The van der Waals surface area contributed by atoms with E-state index in [-0.39, 0.29) is 13.0 Å². The number of anilines is 1. The number of nitrogens with one attached hydrogen (secondary N) is 1. The lowest BCUT2D eigenvalue weighted by Crippen LogP contribution is -2.36. The lowest BCUT2D eigenvalue weighted by atomic mass is 10.2. The van der Waals surface area contributed by atoms with Gasteiger partial charge in [0.2, 0.25) is 6.79 Å². The summed E-state index contributed by atoms with van der Waals surface area (Å²) in [5.74, 6) is 1.51. The third kappa shape index (κ3) is 2.25. The molecule has 4 rings (SSSR count). The van der Waals surface area contributed by atoms with Crippen LogP contribution in [0.1, 0.15) is 19.8 Å². The van der Waals surface area contributed by atoms with Crippen molar-refractivity contribution in [2.45, 2.75) is 25.9 Å². The van der Waals surface area contributed by atoms with Crippen LogP contribution in [0.4, 0.5) is 5.69 Å². The third-order valence-electron chi connectivity index (χ3n) is 4.19. The van der Waals surface area contributed by atoms with E-state index in [2.05, 4.69) is 27.3 Å². The Hall–Kier alpha value is -2.08. The van der Waals surface area contributed by atoms with Gasteiger partial charge in [-0.25, -0.2) is 0 Å². The smallest absolute Gasteiger partial charge is 0.231 e. The zero-order valence-corrected chi connectivity index (χ0v) is 12.0. The van der Waals surface area contributed by atoms with Crippen molar-refractivity contribution in [1.82, 2.24) is 15.1 Å². The molecule has 0 spiro atoms. The largest absolute Gasteiger partial charge is 0.454 e. The fraction of sp³-hybridized carbons (Fsp3) is 0.467. The zero-order valence-electron chi connectivity index (χ0n) is 12.0. The molecule has 21 heavy (non-hydrogen) atoms. The summed E-state index contributed by atoms with van der Waals surface area (Å²) in [6.07, 6.45) is 4.61. The normalized spacial score (nSPS) is 19.1. The van der Waals surface area contributed by atoms with Crippen molar-refractivity contribution >= 4 is 16.6 Å². The van der Waals surface area contributed by atoms with Crippen molar-refractivity contribution in [1.29, 1.82) is 0 Å². The summed E-state index contributed by atoms with van der Waals surface area (Å²) >= 11 is 0. The molecular formula is C15H18N4O2. The number of rotatable bonds is 3. The standard InChI is InChI=1S/C15H18N4O2/c1-10(19-4-2-3-5-19)17-13-8-16-18-12-7-15-14(6-11(12)13)20-9-21-15/h6-8,10H,2-5,9H2,1H3,(H,17,18). The maximum Gasteiger partial charge on any atom is 0.231 e. The molecule has 0 radical (unpaired) electrons. The summed E-state index contributed by atoms with van der Waals surface area (Å²) in [5, 5.41) is 12.8. The van der Waals surface area contributed by atoms with Gasteiger partial charge in [-0.15, -0.1) is 0 Å². The number of ether oxygens (including phenoxy) is 2. The number of hydrogen-bond donors (Lipinski definition) is 1. The molecular weight excluding hydrogens is 268 g/mol. The summed E-state index contributed by atoms with van der Waals surface area (Å²) in [6.45, 7) is 4.75. The average molecular weight is 286 g/mol. The Morgan fingerprint density at radius 3 is 2.76 bits per heavy atom. The monoisotopic (exact) mass is 286 g/mol. The maximum atomic E-state index is 5.46. The fourth-order valence-corrected chi connectivity index (χ4v) is 3.01. The first-order valence-corrected chi connectivity index (χ1v) is 7.37. The van der Waals surface area contributed by atoms with Gasteiger partial charge in [-0.05, 0) is 25.8 Å². The van der Waals surface area contributed by atoms with E-state index in [1.165, 1.54) is 12.8 Å². The molecule has 6 nitrogen and oxygen atoms in total. The minimum atomic E-state index is 0.270. The number of likely N-dealkylation sites (tertiary alicyclic amines) is 1. The predicted octanol–water partition coefficient (Wildman–Crippen LogP) is 2.21. The van der Waals surface area contributed by atoms with Crippen molar-refractivity contribution in [2.24, 2.45) is 0 Å². The van der Waals surface area contributed by atoms with Gasteiger partial charge in [0.15, 0.2) is 11.5 Å². The number of benzene rings is 1. The molecule has 3 heterocycles. The lowest BCUT2D eigenvalue weighted by molar-refractivity contribution is 0.174. The molecule has 0 saturated carbocycles. The highest BCUT2D eigenvalue weighted by Crippen LogP contribution is 2.37. The predicted molar refractivity (Wildman–Crippen MR) is 79.6 cm³/mol. The minimum absolute atomic E-state index is 0.270. The summed E-state index contributed by atoms with van der Waals surface area (Å²) in [7, 11) is 0. The second-order valence-electron chi connectivity index (χ2n) is 5.54. The number of fused-ring (bicyclic) bond motifs is 2. The van der Waals surface area contributed by atoms with Gasteiger partial charge in [0.05, 0.1) is 23.6 Å². The Labute approximate surface area is 123 Å². The van der Waals surface area contributed by atoms with Crippen LogP contribution in [0.25, 0.3) is 10.9 Å². The SMILES string of the molecule is CC(Nc1cnnc2cc3c(cc12)OCO3)N1CCCC1. The van der Waals surface area contributed by atoms with Crippen LogP contribution in [0, 0.1) is 0 Å². The van der Waals surface area contributed by atoms with Crippen LogP contribution in [0.2, 0.25) is 0 Å². The van der Waals surface area contributed by atoms with Crippen molar-refractivity contribution in [2.75, 3.05) is 25.2 Å². The highest BCUT2D eigenvalue weighted by Gasteiger charge is 2.20. The molecule has 1 atom stereocenters. The molecule has 0 aliphatic carbocycles. The Balaban J connectivity index is 1.68. The molecule has 1 aromatic carbocycles. The lowest BCUT2D eigenvalue weighted by Gasteiger charge is -2.25. The van der Waals surface area contributed by atoms with E-state index in [1.54, 1.807) is 6.20 Å². The second-order valence-corrected chi connectivity index (χ2v) is 5.54. The molecule has 110 valence electrons. The molecule has 1 saturated heterocycles. The van der Waals surface area contributed by atoms with E-state index in [0.29, 0.717) is 0 Å². The van der Waals surface area contributed by atoms with Crippen LogP contribution < -0.4 is 14.8 Å². The third-order valence-corrected chi connectivity index (χ3v) is 4.19. The van der Waals surface area contributed by atoms with Gasteiger partial charge < -0.3 is 14.8 Å². The highest BCUT2D eigenvalue weighted by molar-refractivity contribution is 5.93. The van der Waals surface area contributed by atoms with E-state index in [1.807, 2.05) is 12.1 Å². The van der Waals surface area contributed by atoms with E-state index in [9.17, 15) is 0 Å².